The molecule has 3 aromatic rings. The zero-order valence-corrected chi connectivity index (χ0v) is 19.1. The number of nitrogens with one attached hydrogen (secondary N) is 1. The maximum atomic E-state index is 11.3. The second-order valence-electron chi connectivity index (χ2n) is 8.15. The molecule has 0 unspecified atom stereocenters. The molecule has 0 saturated carbocycles. The Hall–Kier alpha value is -2.82. The van der Waals surface area contributed by atoms with Crippen molar-refractivity contribution < 1.29 is 9.53 Å². The van der Waals surface area contributed by atoms with Crippen LogP contribution in [0.1, 0.15) is 56.0 Å². The van der Waals surface area contributed by atoms with Crippen LogP contribution in [0.2, 0.25) is 0 Å². The van der Waals surface area contributed by atoms with E-state index in [-0.39, 0.29) is 5.91 Å². The molecule has 1 amide bonds. The van der Waals surface area contributed by atoms with Crippen molar-refractivity contribution in [2.75, 3.05) is 13.2 Å². The molecule has 5 heteroatoms. The number of hydrogen-bond donors (Lipinski definition) is 1. The third kappa shape index (κ3) is 6.58. The van der Waals surface area contributed by atoms with Gasteiger partial charge in [-0.2, -0.15) is 0 Å². The van der Waals surface area contributed by atoms with Crippen LogP contribution in [0, 0.1) is 13.8 Å². The number of fused-ring (bicyclic) bond motifs is 1. The Kier molecular flexibility index (Phi) is 8.51. The van der Waals surface area contributed by atoms with Crippen molar-refractivity contribution in [3.8, 4) is 5.75 Å². The number of amides is 1. The molecule has 0 fully saturated rings. The van der Waals surface area contributed by atoms with E-state index < -0.39 is 0 Å². The van der Waals surface area contributed by atoms with E-state index in [2.05, 4.69) is 60.1 Å². The fourth-order valence-electron chi connectivity index (χ4n) is 3.77. The fraction of sp³-hybridized carbons (Fsp3) is 0.462. The molecule has 31 heavy (non-hydrogen) atoms. The lowest BCUT2D eigenvalue weighted by Gasteiger charge is -2.12. The summed E-state index contributed by atoms with van der Waals surface area (Å²) in [5, 5.41) is 2.95. The minimum Gasteiger partial charge on any atom is -0.493 e. The molecular weight excluding hydrogens is 386 g/mol. The lowest BCUT2D eigenvalue weighted by atomic mass is 10.1. The number of hydrogen-bond acceptors (Lipinski definition) is 3. The van der Waals surface area contributed by atoms with E-state index in [1.807, 2.05) is 13.0 Å². The smallest absolute Gasteiger partial charge is 0.219 e. The number of aryl methyl sites for hydroxylation is 4. The van der Waals surface area contributed by atoms with E-state index in [0.29, 0.717) is 13.0 Å². The molecule has 0 aliphatic carbocycles. The van der Waals surface area contributed by atoms with Gasteiger partial charge in [-0.15, -0.1) is 0 Å². The van der Waals surface area contributed by atoms with Crippen LogP contribution < -0.4 is 10.1 Å². The first-order chi connectivity index (χ1) is 15.1. The Balaban J connectivity index is 1.54. The lowest BCUT2D eigenvalue weighted by Crippen LogP contribution is -2.23. The SMILES string of the molecule is CCC(=O)NCCCCCc1nc2ccccc2n1CCCOc1cc(C)ccc1C. The highest BCUT2D eigenvalue weighted by Crippen LogP contribution is 2.21. The van der Waals surface area contributed by atoms with Gasteiger partial charge < -0.3 is 14.6 Å². The molecule has 0 saturated heterocycles. The number of ether oxygens (including phenoxy) is 1. The van der Waals surface area contributed by atoms with Gasteiger partial charge in [0.25, 0.3) is 0 Å². The normalized spacial score (nSPS) is 11.1. The summed E-state index contributed by atoms with van der Waals surface area (Å²) in [6, 6.07) is 14.7. The molecule has 0 aliphatic rings. The standard InChI is InChI=1S/C26H35N3O2/c1-4-26(30)27-16-9-5-6-13-25-28-22-11-7-8-12-23(22)29(25)17-10-18-31-24-19-20(2)14-15-21(24)3/h7-8,11-12,14-15,19H,4-6,9-10,13,16-18H2,1-3H3,(H,27,30). The number of aromatic nitrogens is 2. The first-order valence-corrected chi connectivity index (χ1v) is 11.5. The van der Waals surface area contributed by atoms with Gasteiger partial charge in [0.2, 0.25) is 5.91 Å². The van der Waals surface area contributed by atoms with Gasteiger partial charge in [-0.25, -0.2) is 4.98 Å². The second kappa shape index (κ2) is 11.5. The van der Waals surface area contributed by atoms with Crippen LogP contribution in [0.3, 0.4) is 0 Å². The molecular formula is C26H35N3O2. The van der Waals surface area contributed by atoms with Crippen molar-refractivity contribution in [3.05, 3.63) is 59.4 Å². The maximum absolute atomic E-state index is 11.3. The molecule has 1 aromatic heterocycles. The predicted molar refractivity (Wildman–Crippen MR) is 127 cm³/mol. The quantitative estimate of drug-likeness (QED) is 0.401. The van der Waals surface area contributed by atoms with Crippen LogP contribution in [-0.4, -0.2) is 28.6 Å². The fourth-order valence-corrected chi connectivity index (χ4v) is 3.77. The number of carbonyl (C=O) groups excluding carboxylic acids is 1. The zero-order chi connectivity index (χ0) is 22.1. The Morgan fingerprint density at radius 3 is 2.74 bits per heavy atom. The highest BCUT2D eigenvalue weighted by Gasteiger charge is 2.10. The average Bonchev–Trinajstić information content (AvgIpc) is 3.13. The van der Waals surface area contributed by atoms with Crippen LogP contribution in [0.4, 0.5) is 0 Å². The van der Waals surface area contributed by atoms with Crippen LogP contribution in [0.5, 0.6) is 5.75 Å². The second-order valence-corrected chi connectivity index (χ2v) is 8.15. The summed E-state index contributed by atoms with van der Waals surface area (Å²) in [5.41, 5.74) is 4.65. The summed E-state index contributed by atoms with van der Waals surface area (Å²) in [6.07, 6.45) is 5.61. The first kappa shape index (κ1) is 22.9. The van der Waals surface area contributed by atoms with Crippen LogP contribution in [0.25, 0.3) is 11.0 Å². The predicted octanol–water partition coefficient (Wildman–Crippen LogP) is 5.36. The molecule has 5 nitrogen and oxygen atoms in total. The summed E-state index contributed by atoms with van der Waals surface area (Å²) in [4.78, 5) is 16.2. The molecule has 1 heterocycles. The molecule has 0 radical (unpaired) electrons. The highest BCUT2D eigenvalue weighted by atomic mass is 16.5. The van der Waals surface area contributed by atoms with E-state index in [0.717, 1.165) is 62.3 Å². The third-order valence-corrected chi connectivity index (χ3v) is 5.58. The molecule has 0 aliphatic heterocycles. The van der Waals surface area contributed by atoms with E-state index in [1.165, 1.54) is 16.6 Å². The van der Waals surface area contributed by atoms with Crippen molar-refractivity contribution >= 4 is 16.9 Å². The van der Waals surface area contributed by atoms with Gasteiger partial charge in [0.05, 0.1) is 17.6 Å². The maximum Gasteiger partial charge on any atom is 0.219 e. The first-order valence-electron chi connectivity index (χ1n) is 11.5. The van der Waals surface area contributed by atoms with Gasteiger partial charge in [-0.3, -0.25) is 4.79 Å². The molecule has 3 rings (SSSR count). The molecule has 2 aromatic carbocycles. The highest BCUT2D eigenvalue weighted by molar-refractivity contribution is 5.76. The van der Waals surface area contributed by atoms with E-state index in [9.17, 15) is 4.79 Å². The molecule has 0 bridgehead atoms. The summed E-state index contributed by atoms with van der Waals surface area (Å²) in [7, 11) is 0. The Labute approximate surface area is 185 Å². The van der Waals surface area contributed by atoms with Crippen molar-refractivity contribution in [1.29, 1.82) is 0 Å². The van der Waals surface area contributed by atoms with E-state index in [1.54, 1.807) is 0 Å². The van der Waals surface area contributed by atoms with Crippen LogP contribution in [0.15, 0.2) is 42.5 Å². The van der Waals surface area contributed by atoms with Gasteiger partial charge >= 0.3 is 0 Å². The Bertz CT molecular complexity index is 993. The van der Waals surface area contributed by atoms with Gasteiger partial charge in [0.15, 0.2) is 0 Å². The lowest BCUT2D eigenvalue weighted by molar-refractivity contribution is -0.120. The minimum absolute atomic E-state index is 0.130. The number of unbranched alkanes of at least 4 members (excludes halogenated alkanes) is 2. The number of nitrogens with zero attached hydrogens (tertiary/aromatic N) is 2. The van der Waals surface area contributed by atoms with E-state index in [4.69, 9.17) is 9.72 Å². The Morgan fingerprint density at radius 2 is 1.90 bits per heavy atom. The summed E-state index contributed by atoms with van der Waals surface area (Å²) in [5.74, 6) is 2.25. The number of benzene rings is 2. The number of rotatable bonds is 12. The van der Waals surface area contributed by atoms with E-state index >= 15 is 0 Å². The van der Waals surface area contributed by atoms with Crippen molar-refractivity contribution in [2.24, 2.45) is 0 Å². The summed E-state index contributed by atoms with van der Waals surface area (Å²) < 4.78 is 8.40. The topological polar surface area (TPSA) is 56.2 Å². The monoisotopic (exact) mass is 421 g/mol. The van der Waals surface area contributed by atoms with Gasteiger partial charge in [-0.1, -0.05) is 37.6 Å². The third-order valence-electron chi connectivity index (χ3n) is 5.58. The number of carbonyl (C=O) groups is 1. The Morgan fingerprint density at radius 1 is 1.06 bits per heavy atom. The molecule has 0 atom stereocenters. The number of para-hydroxylation sites is 2. The molecule has 1 N–H and O–H groups in total. The van der Waals surface area contributed by atoms with Crippen molar-refractivity contribution in [2.45, 2.75) is 65.8 Å². The van der Waals surface area contributed by atoms with Crippen molar-refractivity contribution in [3.63, 3.8) is 0 Å². The number of imidazole rings is 1. The van der Waals surface area contributed by atoms with Gasteiger partial charge in [0.1, 0.15) is 11.6 Å². The summed E-state index contributed by atoms with van der Waals surface area (Å²) in [6.45, 7) is 8.41. The largest absolute Gasteiger partial charge is 0.493 e. The summed E-state index contributed by atoms with van der Waals surface area (Å²) >= 11 is 0. The van der Waals surface area contributed by atoms with Crippen molar-refractivity contribution in [1.82, 2.24) is 14.9 Å². The molecule has 166 valence electrons. The minimum atomic E-state index is 0.130. The average molecular weight is 422 g/mol. The van der Waals surface area contributed by atoms with Crippen LogP contribution in [-0.2, 0) is 17.8 Å². The molecule has 0 spiro atoms. The van der Waals surface area contributed by atoms with Gasteiger partial charge in [0, 0.05) is 25.9 Å². The zero-order valence-electron chi connectivity index (χ0n) is 19.1. The van der Waals surface area contributed by atoms with Crippen LogP contribution >= 0.6 is 0 Å². The van der Waals surface area contributed by atoms with Gasteiger partial charge in [-0.05, 0) is 62.4 Å².